The predicted molar refractivity (Wildman–Crippen MR) is 101 cm³/mol. The fourth-order valence-corrected chi connectivity index (χ4v) is 3.09. The van der Waals surface area contributed by atoms with Crippen molar-refractivity contribution >= 4 is 51.1 Å². The van der Waals surface area contributed by atoms with Crippen LogP contribution in [0, 0.1) is 3.70 Å². The first-order chi connectivity index (χ1) is 12.1. The number of anilines is 1. The highest BCUT2D eigenvalue weighted by molar-refractivity contribution is 14.1. The number of carbonyl (C=O) groups is 2. The summed E-state index contributed by atoms with van der Waals surface area (Å²) in [6.07, 6.45) is 6.57. The van der Waals surface area contributed by atoms with Gasteiger partial charge in [-0.25, -0.2) is 9.59 Å². The molecular formula is C17H14IN3O4. The smallest absolute Gasteiger partial charge is 0.355 e. The van der Waals surface area contributed by atoms with Gasteiger partial charge >= 0.3 is 11.9 Å². The van der Waals surface area contributed by atoms with Crippen LogP contribution in [0.3, 0.4) is 0 Å². The van der Waals surface area contributed by atoms with Crippen molar-refractivity contribution in [2.75, 3.05) is 19.1 Å². The molecule has 0 unspecified atom stereocenters. The lowest BCUT2D eigenvalue weighted by Crippen LogP contribution is -2.27. The van der Waals surface area contributed by atoms with Crippen molar-refractivity contribution in [3.63, 3.8) is 0 Å². The van der Waals surface area contributed by atoms with E-state index < -0.39 is 11.9 Å². The van der Waals surface area contributed by atoms with Crippen molar-refractivity contribution in [1.29, 1.82) is 0 Å². The molecule has 0 bridgehead atoms. The third kappa shape index (κ3) is 3.04. The predicted octanol–water partition coefficient (Wildman–Crippen LogP) is 2.66. The number of para-hydroxylation sites is 1. The van der Waals surface area contributed by atoms with Gasteiger partial charge in [-0.05, 0) is 46.9 Å². The van der Waals surface area contributed by atoms with Crippen LogP contribution in [0.1, 0.15) is 0 Å². The van der Waals surface area contributed by atoms with E-state index in [1.807, 2.05) is 18.2 Å². The molecule has 0 fully saturated rings. The second-order valence-corrected chi connectivity index (χ2v) is 6.11. The molecule has 1 aliphatic heterocycles. The van der Waals surface area contributed by atoms with Crippen LogP contribution >= 0.6 is 22.6 Å². The van der Waals surface area contributed by atoms with Crippen molar-refractivity contribution in [3.8, 4) is 0 Å². The first-order valence-corrected chi connectivity index (χ1v) is 8.34. The molecular weight excluding hydrogens is 437 g/mol. The van der Waals surface area contributed by atoms with Gasteiger partial charge in [0.1, 0.15) is 14.9 Å². The summed E-state index contributed by atoms with van der Waals surface area (Å²) in [6, 6.07) is 5.59. The Bertz CT molecular complexity index is 943. The van der Waals surface area contributed by atoms with Gasteiger partial charge in [-0.1, -0.05) is 12.1 Å². The molecule has 7 nitrogen and oxygen atoms in total. The number of ether oxygens (including phenoxy) is 2. The van der Waals surface area contributed by atoms with Crippen LogP contribution in [0.5, 0.6) is 0 Å². The van der Waals surface area contributed by atoms with E-state index >= 15 is 0 Å². The van der Waals surface area contributed by atoms with Crippen LogP contribution in [0.2, 0.25) is 0 Å². The van der Waals surface area contributed by atoms with E-state index in [4.69, 9.17) is 9.47 Å². The first kappa shape index (κ1) is 17.2. The van der Waals surface area contributed by atoms with Gasteiger partial charge in [0.25, 0.3) is 0 Å². The normalized spacial score (nSPS) is 14.0. The lowest BCUT2D eigenvalue weighted by molar-refractivity contribution is -0.139. The second-order valence-electron chi connectivity index (χ2n) is 5.03. The molecule has 3 rings (SSSR count). The number of nitrogens with one attached hydrogen (secondary N) is 1. The highest BCUT2D eigenvalue weighted by Crippen LogP contribution is 2.32. The molecule has 0 spiro atoms. The van der Waals surface area contributed by atoms with Gasteiger partial charge in [-0.2, -0.15) is 5.10 Å². The zero-order chi connectivity index (χ0) is 18.0. The highest BCUT2D eigenvalue weighted by Gasteiger charge is 2.28. The summed E-state index contributed by atoms with van der Waals surface area (Å²) in [5.74, 6) is -1.28. The molecule has 25 heavy (non-hydrogen) atoms. The maximum atomic E-state index is 12.4. The maximum Gasteiger partial charge on any atom is 0.355 e. The third-order valence-electron chi connectivity index (χ3n) is 3.67. The van der Waals surface area contributed by atoms with Crippen LogP contribution in [-0.4, -0.2) is 36.4 Å². The van der Waals surface area contributed by atoms with Gasteiger partial charge in [-0.3, -0.25) is 5.10 Å². The fraction of sp³-hybridized carbons (Fsp3) is 0.118. The number of H-pyrrole nitrogens is 1. The molecule has 0 amide bonds. The summed E-state index contributed by atoms with van der Waals surface area (Å²) in [6.45, 7) is 0. The molecule has 0 saturated carbocycles. The zero-order valence-electron chi connectivity index (χ0n) is 13.4. The summed E-state index contributed by atoms with van der Waals surface area (Å²) < 4.78 is 10.6. The molecule has 1 aromatic carbocycles. The molecule has 0 radical (unpaired) electrons. The van der Waals surface area contributed by atoms with E-state index in [9.17, 15) is 9.59 Å². The number of nitrogens with zero attached hydrogens (tertiary/aromatic N) is 2. The Morgan fingerprint density at radius 3 is 2.64 bits per heavy atom. The molecule has 2 heterocycles. The number of allylic oxidation sites excluding steroid dienone is 2. The number of fused-ring (bicyclic) bond motifs is 1. The summed E-state index contributed by atoms with van der Waals surface area (Å²) in [7, 11) is 2.52. The number of esters is 2. The van der Waals surface area contributed by atoms with Gasteiger partial charge < -0.3 is 14.4 Å². The standard InChI is InChI=1S/C17H14IN3O4/c1-24-16(22)11-6-3-4-9-21(14(11)17(23)25-2)12-8-5-7-10-13(12)19-20-15(10)18/h3-9H,1-2H3,(H,19,20). The van der Waals surface area contributed by atoms with Crippen molar-refractivity contribution in [2.24, 2.45) is 0 Å². The Hall–Kier alpha value is -2.62. The van der Waals surface area contributed by atoms with Crippen molar-refractivity contribution in [2.45, 2.75) is 0 Å². The average Bonchev–Trinajstić information content (AvgIpc) is 2.89. The van der Waals surface area contributed by atoms with Crippen molar-refractivity contribution in [3.05, 3.63) is 57.6 Å². The second kappa shape index (κ2) is 7.09. The fourth-order valence-electron chi connectivity index (χ4n) is 2.54. The third-order valence-corrected chi connectivity index (χ3v) is 4.49. The molecule has 1 N–H and O–H groups in total. The number of carbonyl (C=O) groups excluding carboxylic acids is 2. The average molecular weight is 451 g/mol. The van der Waals surface area contributed by atoms with Crippen LogP contribution in [-0.2, 0) is 19.1 Å². The van der Waals surface area contributed by atoms with Crippen LogP contribution in [0.25, 0.3) is 10.9 Å². The quantitative estimate of drug-likeness (QED) is 0.571. The molecule has 128 valence electrons. The SMILES string of the molecule is COC(=O)C1=C(C(=O)OC)N(c2cccc3c(I)[nH]nc23)C=CC=C1. The largest absolute Gasteiger partial charge is 0.465 e. The molecule has 1 aliphatic rings. The van der Waals surface area contributed by atoms with Gasteiger partial charge in [0.2, 0.25) is 0 Å². The van der Waals surface area contributed by atoms with E-state index in [-0.39, 0.29) is 11.3 Å². The minimum Gasteiger partial charge on any atom is -0.465 e. The molecule has 0 atom stereocenters. The van der Waals surface area contributed by atoms with Gasteiger partial charge in [0.15, 0.2) is 0 Å². The summed E-state index contributed by atoms with van der Waals surface area (Å²) in [5.41, 5.74) is 1.47. The van der Waals surface area contributed by atoms with Gasteiger partial charge in [0, 0.05) is 11.6 Å². The van der Waals surface area contributed by atoms with E-state index in [0.29, 0.717) is 11.2 Å². The summed E-state index contributed by atoms with van der Waals surface area (Å²) in [5, 5.41) is 8.15. The number of hydrogen-bond donors (Lipinski definition) is 1. The Balaban J connectivity index is 2.27. The molecule has 0 aliphatic carbocycles. The number of aromatic amines is 1. The molecule has 2 aromatic rings. The van der Waals surface area contributed by atoms with Gasteiger partial charge in [-0.15, -0.1) is 0 Å². The van der Waals surface area contributed by atoms with E-state index in [2.05, 4.69) is 32.8 Å². The number of benzene rings is 1. The topological polar surface area (TPSA) is 84.5 Å². The zero-order valence-corrected chi connectivity index (χ0v) is 15.6. The van der Waals surface area contributed by atoms with E-state index in [0.717, 1.165) is 9.09 Å². The Kier molecular flexibility index (Phi) is 4.88. The molecule has 0 saturated heterocycles. The van der Waals surface area contributed by atoms with Gasteiger partial charge in [0.05, 0.1) is 25.5 Å². The number of hydrogen-bond acceptors (Lipinski definition) is 6. The molecule has 8 heteroatoms. The van der Waals surface area contributed by atoms with E-state index in [1.165, 1.54) is 20.3 Å². The summed E-state index contributed by atoms with van der Waals surface area (Å²) in [4.78, 5) is 26.2. The number of methoxy groups -OCH3 is 2. The van der Waals surface area contributed by atoms with Crippen LogP contribution < -0.4 is 4.90 Å². The Morgan fingerprint density at radius 2 is 1.92 bits per heavy atom. The lowest BCUT2D eigenvalue weighted by atomic mass is 10.1. The Morgan fingerprint density at radius 1 is 1.16 bits per heavy atom. The van der Waals surface area contributed by atoms with Crippen LogP contribution in [0.4, 0.5) is 5.69 Å². The highest BCUT2D eigenvalue weighted by atomic mass is 127. The lowest BCUT2D eigenvalue weighted by Gasteiger charge is -2.23. The monoisotopic (exact) mass is 451 g/mol. The Labute approximate surface area is 157 Å². The number of halogens is 1. The number of rotatable bonds is 3. The van der Waals surface area contributed by atoms with E-state index in [1.54, 1.807) is 23.3 Å². The molecule has 1 aromatic heterocycles. The van der Waals surface area contributed by atoms with Crippen molar-refractivity contribution < 1.29 is 19.1 Å². The van der Waals surface area contributed by atoms with Crippen LogP contribution in [0.15, 0.2) is 53.9 Å². The minimum absolute atomic E-state index is 0.0601. The summed E-state index contributed by atoms with van der Waals surface area (Å²) >= 11 is 2.15. The van der Waals surface area contributed by atoms with Crippen molar-refractivity contribution in [1.82, 2.24) is 10.2 Å². The minimum atomic E-state index is -0.654. The first-order valence-electron chi connectivity index (χ1n) is 7.26. The maximum absolute atomic E-state index is 12.4. The number of aromatic nitrogens is 2.